The fourth-order valence-corrected chi connectivity index (χ4v) is 9.33. The number of fused-ring (bicyclic) bond motifs is 6. The van der Waals surface area contributed by atoms with E-state index in [2.05, 4.69) is 59.9 Å². The van der Waals surface area contributed by atoms with Crippen molar-refractivity contribution in [2.75, 3.05) is 101 Å². The zero-order valence-corrected chi connectivity index (χ0v) is 42.0. The van der Waals surface area contributed by atoms with Crippen molar-refractivity contribution in [3.63, 3.8) is 0 Å². The summed E-state index contributed by atoms with van der Waals surface area (Å²) in [6.07, 6.45) is 6.23. The third kappa shape index (κ3) is 12.2. The van der Waals surface area contributed by atoms with Crippen LogP contribution >= 0.6 is 11.8 Å². The lowest BCUT2D eigenvalue weighted by Gasteiger charge is -2.33. The number of nitrogens with zero attached hydrogens (tertiary/aromatic N) is 3. The van der Waals surface area contributed by atoms with Gasteiger partial charge in [-0.3, -0.25) is 14.6 Å². The topological polar surface area (TPSA) is 142 Å². The summed E-state index contributed by atoms with van der Waals surface area (Å²) in [5.41, 5.74) is 9.84. The first-order valence-electron chi connectivity index (χ1n) is 23.9. The van der Waals surface area contributed by atoms with Gasteiger partial charge in [-0.1, -0.05) is 36.4 Å². The van der Waals surface area contributed by atoms with E-state index in [-0.39, 0.29) is 42.4 Å². The number of methoxy groups -OCH3 is 3. The minimum atomic E-state index is -0.278. The minimum Gasteiger partial charge on any atom is -0.496 e. The predicted molar refractivity (Wildman–Crippen MR) is 279 cm³/mol. The normalized spacial score (nSPS) is 15.1. The van der Waals surface area contributed by atoms with Gasteiger partial charge in [0.1, 0.15) is 12.4 Å². The van der Waals surface area contributed by atoms with Gasteiger partial charge in [0.25, 0.3) is 11.8 Å². The van der Waals surface area contributed by atoms with Gasteiger partial charge in [-0.05, 0) is 110 Å². The lowest BCUT2D eigenvalue weighted by molar-refractivity contribution is 0.0264. The van der Waals surface area contributed by atoms with E-state index in [1.54, 1.807) is 33.5 Å². The number of thioether (sulfide) groups is 1. The number of hydrogen-bond donors (Lipinski definition) is 2. The van der Waals surface area contributed by atoms with Crippen LogP contribution in [0, 0.1) is 0 Å². The largest absolute Gasteiger partial charge is 0.496 e. The molecule has 5 aromatic rings. The molecule has 0 bridgehead atoms. The lowest BCUT2D eigenvalue weighted by atomic mass is 10.1. The van der Waals surface area contributed by atoms with Crippen LogP contribution in [0.1, 0.15) is 68.8 Å². The average molecular weight is 972 g/mol. The molecule has 3 heterocycles. The van der Waals surface area contributed by atoms with Crippen molar-refractivity contribution in [2.24, 2.45) is 4.99 Å². The number of carbonyl (C=O) groups is 2. The van der Waals surface area contributed by atoms with E-state index < -0.39 is 0 Å². The van der Waals surface area contributed by atoms with Gasteiger partial charge in [0.2, 0.25) is 0 Å². The fraction of sp³-hybridized carbons (Fsp3) is 0.400. The van der Waals surface area contributed by atoms with Crippen LogP contribution in [-0.4, -0.2) is 109 Å². The molecule has 15 heteroatoms. The average Bonchev–Trinajstić information content (AvgIpc) is 3.69. The van der Waals surface area contributed by atoms with Gasteiger partial charge in [-0.15, -0.1) is 0 Å². The van der Waals surface area contributed by atoms with Crippen LogP contribution in [0.3, 0.4) is 0 Å². The molecule has 8 rings (SSSR count). The summed E-state index contributed by atoms with van der Waals surface area (Å²) in [7, 11) is 4.84. The Labute approximate surface area is 416 Å². The van der Waals surface area contributed by atoms with Gasteiger partial charge in [-0.25, -0.2) is 0 Å². The second-order valence-electron chi connectivity index (χ2n) is 18.1. The lowest BCUT2D eigenvalue weighted by Crippen LogP contribution is -2.39. The van der Waals surface area contributed by atoms with Gasteiger partial charge in [0.05, 0.1) is 83.3 Å². The van der Waals surface area contributed by atoms with E-state index in [4.69, 9.17) is 38.2 Å². The minimum absolute atomic E-state index is 0.0200. The third-order valence-electron chi connectivity index (χ3n) is 12.8. The molecule has 3 aliphatic rings. The Morgan fingerprint density at radius 2 is 1.49 bits per heavy atom. The summed E-state index contributed by atoms with van der Waals surface area (Å²) < 4.78 is 41.6. The molecule has 5 aromatic carbocycles. The molecule has 70 heavy (non-hydrogen) atoms. The van der Waals surface area contributed by atoms with Crippen molar-refractivity contribution in [3.8, 4) is 17.2 Å². The predicted octanol–water partition coefficient (Wildman–Crippen LogP) is 9.53. The van der Waals surface area contributed by atoms with Crippen LogP contribution in [0.25, 0.3) is 0 Å². The molecular weight excluding hydrogens is 907 g/mol. The summed E-state index contributed by atoms with van der Waals surface area (Å²) in [6.45, 7) is 9.72. The summed E-state index contributed by atoms with van der Waals surface area (Å²) >= 11 is 1.81. The Morgan fingerprint density at radius 3 is 2.27 bits per heavy atom. The number of anilines is 4. The first-order chi connectivity index (χ1) is 34.1. The molecule has 14 nitrogen and oxygen atoms in total. The van der Waals surface area contributed by atoms with Crippen molar-refractivity contribution in [3.05, 3.63) is 130 Å². The van der Waals surface area contributed by atoms with E-state index in [9.17, 15) is 9.59 Å². The van der Waals surface area contributed by atoms with Crippen molar-refractivity contribution in [1.29, 1.82) is 0 Å². The van der Waals surface area contributed by atoms with Crippen molar-refractivity contribution in [1.82, 2.24) is 0 Å². The highest BCUT2D eigenvalue weighted by molar-refractivity contribution is 7.99. The Morgan fingerprint density at radius 1 is 0.757 bits per heavy atom. The van der Waals surface area contributed by atoms with Crippen molar-refractivity contribution >= 4 is 58.2 Å². The number of carbonyl (C=O) groups excluding carboxylic acids is 2. The standard InChI is InChI=1S/C55H65N5O9S/c1-55(2,70-6)36-59(18-19-66-22-23-67-21-20-63-3)42-25-37(33-68-35-41-28-47-45(30-50(41)64-4)54(62)60-43(32-57-47)27-40-13-8-10-16-49(40)60)24-38(26-42)34-69-52-31-48-44(29-51(52)65-5)53(61)58-46-15-9-7-12-39(46)14-11-17-56-48/h7-10,12-13,15-17,24-26,28-31,43,57H,11,14,18-23,27,32-36H2,1-6H3,(H,58,61)/t43-/m0/s1. The molecule has 2 amide bonds. The van der Waals surface area contributed by atoms with E-state index in [0.29, 0.717) is 86.6 Å². The Kier molecular flexibility index (Phi) is 17.0. The number of hydrogen-bond acceptors (Lipinski definition) is 13. The molecule has 0 saturated carbocycles. The molecule has 1 atom stereocenters. The van der Waals surface area contributed by atoms with Gasteiger partial charge >= 0.3 is 0 Å². The van der Waals surface area contributed by atoms with Gasteiger partial charge in [-0.2, -0.15) is 11.8 Å². The molecular formula is C55H65N5O9S. The van der Waals surface area contributed by atoms with Crippen LogP contribution in [0.4, 0.5) is 28.4 Å². The molecule has 0 radical (unpaired) electrons. The molecule has 2 N–H and O–H groups in total. The number of benzene rings is 5. The Balaban J connectivity index is 1.04. The van der Waals surface area contributed by atoms with Crippen LogP contribution in [0.2, 0.25) is 0 Å². The maximum absolute atomic E-state index is 14.1. The monoisotopic (exact) mass is 971 g/mol. The fourth-order valence-electron chi connectivity index (χ4n) is 9.05. The molecule has 0 aliphatic carbocycles. The SMILES string of the molecule is COCCOCCOCCN(CC(C)(C)SC)c1cc(COCc2cc3c(cc2OC)C(=O)N2c4ccccc4C[C@H]2CN3)cc(COc2cc3c(cc2OC)C(=O)Nc2ccccc2CCC=N3)c1. The second kappa shape index (κ2) is 23.7. The number of rotatable bonds is 22. The van der Waals surface area contributed by atoms with E-state index >= 15 is 0 Å². The molecule has 3 aliphatic heterocycles. The highest BCUT2D eigenvalue weighted by atomic mass is 32.2. The number of nitrogens with one attached hydrogen (secondary N) is 2. The smallest absolute Gasteiger partial charge is 0.260 e. The molecule has 370 valence electrons. The van der Waals surface area contributed by atoms with Crippen molar-refractivity contribution < 1.29 is 42.7 Å². The molecule has 0 saturated heterocycles. The number of ether oxygens (including phenoxy) is 7. The number of aliphatic imine (C=N–C) groups is 1. The third-order valence-corrected chi connectivity index (χ3v) is 14.0. The first kappa shape index (κ1) is 50.3. The summed E-state index contributed by atoms with van der Waals surface area (Å²) in [6, 6.07) is 29.6. The van der Waals surface area contributed by atoms with E-state index in [0.717, 1.165) is 64.4 Å². The van der Waals surface area contributed by atoms with Crippen LogP contribution in [0.5, 0.6) is 17.2 Å². The zero-order chi connectivity index (χ0) is 49.0. The molecule has 0 spiro atoms. The summed E-state index contributed by atoms with van der Waals surface area (Å²) in [4.78, 5) is 36.8. The highest BCUT2D eigenvalue weighted by Crippen LogP contribution is 2.40. The maximum Gasteiger partial charge on any atom is 0.260 e. The highest BCUT2D eigenvalue weighted by Gasteiger charge is 2.37. The Hall–Kier alpha value is -6.10. The number of para-hydroxylation sites is 2. The van der Waals surface area contributed by atoms with Crippen molar-refractivity contribution in [2.45, 2.75) is 63.7 Å². The molecule has 0 unspecified atom stereocenters. The first-order valence-corrected chi connectivity index (χ1v) is 25.1. The maximum atomic E-state index is 14.1. The zero-order valence-electron chi connectivity index (χ0n) is 41.1. The van der Waals surface area contributed by atoms with Gasteiger partial charge in [0.15, 0.2) is 11.5 Å². The van der Waals surface area contributed by atoms with Crippen LogP contribution in [-0.2, 0) is 51.6 Å². The number of aryl methyl sites for hydroxylation is 1. The quantitative estimate of drug-likeness (QED) is 0.0639. The van der Waals surface area contributed by atoms with Crippen LogP contribution < -0.4 is 34.6 Å². The van der Waals surface area contributed by atoms with E-state index in [1.807, 2.05) is 77.5 Å². The number of amides is 2. The molecule has 0 aromatic heterocycles. The van der Waals surface area contributed by atoms with Gasteiger partial charge in [0, 0.05) is 72.1 Å². The summed E-state index contributed by atoms with van der Waals surface area (Å²) in [5.74, 6) is 1.13. The van der Waals surface area contributed by atoms with Crippen LogP contribution in [0.15, 0.2) is 96.0 Å². The van der Waals surface area contributed by atoms with E-state index in [1.165, 1.54) is 5.56 Å². The van der Waals surface area contributed by atoms with Gasteiger partial charge < -0.3 is 53.6 Å². The molecule has 0 fully saturated rings. The Bertz CT molecular complexity index is 2660. The summed E-state index contributed by atoms with van der Waals surface area (Å²) in [5, 5.41) is 6.64. The second-order valence-corrected chi connectivity index (χ2v) is 19.6.